The van der Waals surface area contributed by atoms with Crippen molar-refractivity contribution in [2.75, 3.05) is 0 Å². The molecule has 0 saturated carbocycles. The molecule has 50 valence electrons. The van der Waals surface area contributed by atoms with Crippen molar-refractivity contribution in [1.82, 2.24) is 9.88 Å². The number of aromatic nitrogens is 1. The average molecular weight is 168 g/mol. The van der Waals surface area contributed by atoms with Crippen LogP contribution in [0.2, 0.25) is 0 Å². The lowest BCUT2D eigenvalue weighted by Gasteiger charge is -1.92. The Kier molecular flexibility index (Phi) is 1.12. The molecule has 10 heavy (non-hydrogen) atoms. The fourth-order valence-electron chi connectivity index (χ4n) is 0.964. The van der Waals surface area contributed by atoms with E-state index in [0.29, 0.717) is 5.11 Å². The van der Waals surface area contributed by atoms with E-state index in [1.165, 1.54) is 0 Å². The molecule has 0 aromatic carbocycles. The minimum atomic E-state index is 0.671. The van der Waals surface area contributed by atoms with Crippen molar-refractivity contribution in [3.05, 3.63) is 24.0 Å². The summed E-state index contributed by atoms with van der Waals surface area (Å²) in [5.41, 5.74) is 0.986. The molecule has 2 nitrogen and oxygen atoms in total. The Balaban J connectivity index is 2.69. The quantitative estimate of drug-likeness (QED) is 0.580. The molecule has 2 heterocycles. The maximum absolute atomic E-state index is 4.99. The number of nitrogens with zero attached hydrogens (tertiary/aromatic N) is 1. The van der Waals surface area contributed by atoms with E-state index in [1.807, 2.05) is 22.9 Å². The first-order chi connectivity index (χ1) is 4.79. The summed E-state index contributed by atoms with van der Waals surface area (Å²) in [6.45, 7) is 0. The second kappa shape index (κ2) is 1.87. The molecule has 1 aromatic heterocycles. The summed E-state index contributed by atoms with van der Waals surface area (Å²) < 4.78 is 1.86. The number of nitrogens with one attached hydrogen (secondary N) is 1. The first-order valence-corrected chi connectivity index (χ1v) is 3.64. The molecular formula is C6H4N2S2. The van der Waals surface area contributed by atoms with Crippen molar-refractivity contribution < 1.29 is 0 Å². The van der Waals surface area contributed by atoms with Crippen molar-refractivity contribution in [3.8, 4) is 0 Å². The fourth-order valence-corrected chi connectivity index (χ4v) is 1.55. The molecule has 1 aliphatic heterocycles. The Labute approximate surface area is 68.8 Å². The SMILES string of the molecule is S=C1NC(=S)n2cccc21. The molecule has 0 spiro atoms. The highest BCUT2D eigenvalue weighted by Gasteiger charge is 2.17. The minimum absolute atomic E-state index is 0.671. The topological polar surface area (TPSA) is 17.0 Å². The summed E-state index contributed by atoms with van der Waals surface area (Å²) in [6.07, 6.45) is 1.89. The lowest BCUT2D eigenvalue weighted by atomic mass is 10.4. The highest BCUT2D eigenvalue weighted by atomic mass is 32.1. The normalized spacial score (nSPS) is 15.2. The molecule has 0 saturated heterocycles. The number of rotatable bonds is 0. The first-order valence-electron chi connectivity index (χ1n) is 2.82. The Hall–Kier alpha value is -0.740. The lowest BCUT2D eigenvalue weighted by molar-refractivity contribution is 1.18. The third-order valence-electron chi connectivity index (χ3n) is 1.42. The van der Waals surface area contributed by atoms with E-state index in [4.69, 9.17) is 24.4 Å². The third-order valence-corrected chi connectivity index (χ3v) is 2.03. The van der Waals surface area contributed by atoms with E-state index in [0.717, 1.165) is 10.7 Å². The molecule has 0 aliphatic carbocycles. The van der Waals surface area contributed by atoms with Gasteiger partial charge in [0.05, 0.1) is 5.69 Å². The van der Waals surface area contributed by atoms with Crippen LogP contribution in [-0.4, -0.2) is 14.7 Å². The van der Waals surface area contributed by atoms with Crippen molar-refractivity contribution in [2.24, 2.45) is 0 Å². The van der Waals surface area contributed by atoms with Crippen LogP contribution < -0.4 is 5.32 Å². The van der Waals surface area contributed by atoms with Crippen LogP contribution >= 0.6 is 24.4 Å². The molecule has 0 unspecified atom stereocenters. The summed E-state index contributed by atoms with van der Waals surface area (Å²) in [7, 11) is 0. The van der Waals surface area contributed by atoms with Crippen LogP contribution in [0.1, 0.15) is 5.69 Å². The van der Waals surface area contributed by atoms with Gasteiger partial charge >= 0.3 is 0 Å². The zero-order valence-corrected chi connectivity index (χ0v) is 6.63. The number of thiocarbonyl (C=S) groups is 2. The van der Waals surface area contributed by atoms with Gasteiger partial charge in [0.1, 0.15) is 4.99 Å². The van der Waals surface area contributed by atoms with Gasteiger partial charge in [-0.25, -0.2) is 0 Å². The predicted molar refractivity (Wildman–Crippen MR) is 47.3 cm³/mol. The van der Waals surface area contributed by atoms with Gasteiger partial charge in [0.15, 0.2) is 5.11 Å². The molecule has 1 aliphatic rings. The van der Waals surface area contributed by atoms with Crippen molar-refractivity contribution in [2.45, 2.75) is 0 Å². The molecule has 1 N–H and O–H groups in total. The van der Waals surface area contributed by atoms with Crippen LogP contribution in [-0.2, 0) is 0 Å². The predicted octanol–water partition coefficient (Wildman–Crippen LogP) is 0.900. The maximum atomic E-state index is 4.99. The van der Waals surface area contributed by atoms with E-state index < -0.39 is 0 Å². The summed E-state index contributed by atoms with van der Waals surface area (Å²) in [6, 6.07) is 3.86. The monoisotopic (exact) mass is 168 g/mol. The van der Waals surface area contributed by atoms with E-state index in [-0.39, 0.29) is 0 Å². The lowest BCUT2D eigenvalue weighted by Crippen LogP contribution is -2.20. The Morgan fingerprint density at radius 3 is 2.90 bits per heavy atom. The first kappa shape index (κ1) is 6.00. The zero-order valence-electron chi connectivity index (χ0n) is 5.00. The molecule has 0 atom stereocenters. The Morgan fingerprint density at radius 2 is 2.20 bits per heavy atom. The highest BCUT2D eigenvalue weighted by molar-refractivity contribution is 7.82. The summed E-state index contributed by atoms with van der Waals surface area (Å²) >= 11 is 9.95. The molecule has 0 radical (unpaired) electrons. The standard InChI is InChI=1S/C6H4N2S2/c9-5-4-2-1-3-8(4)6(10)7-5/h1-3H,(H,7,9,10). The van der Waals surface area contributed by atoms with Gasteiger partial charge in [-0.15, -0.1) is 0 Å². The van der Waals surface area contributed by atoms with Crippen LogP contribution in [0, 0.1) is 0 Å². The van der Waals surface area contributed by atoms with Crippen molar-refractivity contribution in [3.63, 3.8) is 0 Å². The molecule has 0 amide bonds. The van der Waals surface area contributed by atoms with Gasteiger partial charge in [0, 0.05) is 6.20 Å². The summed E-state index contributed by atoms with van der Waals surface area (Å²) in [4.78, 5) is 0.718. The van der Waals surface area contributed by atoms with E-state index >= 15 is 0 Å². The molecule has 4 heteroatoms. The van der Waals surface area contributed by atoms with Gasteiger partial charge in [-0.3, -0.25) is 4.57 Å². The zero-order chi connectivity index (χ0) is 7.14. The molecule has 2 rings (SSSR count). The number of fused-ring (bicyclic) bond motifs is 1. The van der Waals surface area contributed by atoms with E-state index in [9.17, 15) is 0 Å². The third kappa shape index (κ3) is 0.629. The van der Waals surface area contributed by atoms with Crippen LogP contribution in [0.5, 0.6) is 0 Å². The highest BCUT2D eigenvalue weighted by Crippen LogP contribution is 2.08. The van der Waals surface area contributed by atoms with Gasteiger partial charge in [0.25, 0.3) is 0 Å². The maximum Gasteiger partial charge on any atom is 0.182 e. The molecule has 0 fully saturated rings. The van der Waals surface area contributed by atoms with Gasteiger partial charge < -0.3 is 5.32 Å². The van der Waals surface area contributed by atoms with Gasteiger partial charge in [0.2, 0.25) is 0 Å². The van der Waals surface area contributed by atoms with Gasteiger partial charge in [-0.1, -0.05) is 12.2 Å². The van der Waals surface area contributed by atoms with Crippen LogP contribution in [0.15, 0.2) is 18.3 Å². The summed E-state index contributed by atoms with van der Waals surface area (Å²) in [5, 5.41) is 3.56. The Morgan fingerprint density at radius 1 is 1.40 bits per heavy atom. The molecule has 0 bridgehead atoms. The minimum Gasteiger partial charge on any atom is -0.321 e. The Bertz CT molecular complexity index is 285. The second-order valence-corrected chi connectivity index (χ2v) is 2.82. The summed E-state index contributed by atoms with van der Waals surface area (Å²) in [5.74, 6) is 0. The average Bonchev–Trinajstić information content (AvgIpc) is 2.39. The number of hydrogen-bond donors (Lipinski definition) is 1. The molecule has 1 aromatic rings. The van der Waals surface area contributed by atoms with Crippen molar-refractivity contribution in [1.29, 1.82) is 0 Å². The van der Waals surface area contributed by atoms with Crippen LogP contribution in [0.25, 0.3) is 0 Å². The van der Waals surface area contributed by atoms with Gasteiger partial charge in [-0.05, 0) is 24.4 Å². The van der Waals surface area contributed by atoms with Crippen LogP contribution in [0.4, 0.5) is 0 Å². The fraction of sp³-hybridized carbons (Fsp3) is 0. The van der Waals surface area contributed by atoms with Crippen molar-refractivity contribution >= 4 is 34.5 Å². The largest absolute Gasteiger partial charge is 0.321 e. The molecular weight excluding hydrogens is 164 g/mol. The second-order valence-electron chi connectivity index (χ2n) is 2.02. The smallest absolute Gasteiger partial charge is 0.182 e. The van der Waals surface area contributed by atoms with Gasteiger partial charge in [-0.2, -0.15) is 0 Å². The van der Waals surface area contributed by atoms with E-state index in [2.05, 4.69) is 5.32 Å². The van der Waals surface area contributed by atoms with Crippen LogP contribution in [0.3, 0.4) is 0 Å². The van der Waals surface area contributed by atoms with E-state index in [1.54, 1.807) is 0 Å². The number of hydrogen-bond acceptors (Lipinski definition) is 2.